The zero-order chi connectivity index (χ0) is 16.5. The number of rotatable bonds is 3. The highest BCUT2D eigenvalue weighted by molar-refractivity contribution is 7.89. The van der Waals surface area contributed by atoms with Gasteiger partial charge in [0.05, 0.1) is 16.4 Å². The van der Waals surface area contributed by atoms with Crippen molar-refractivity contribution in [2.75, 3.05) is 13.1 Å². The summed E-state index contributed by atoms with van der Waals surface area (Å²) < 4.78 is 63.2. The van der Waals surface area contributed by atoms with E-state index in [9.17, 15) is 26.4 Å². The summed E-state index contributed by atoms with van der Waals surface area (Å²) in [6.07, 6.45) is -3.76. The van der Waals surface area contributed by atoms with Crippen molar-refractivity contribution in [3.05, 3.63) is 29.8 Å². The number of carbonyl (C=O) groups is 1. The minimum Gasteiger partial charge on any atom is -0.481 e. The summed E-state index contributed by atoms with van der Waals surface area (Å²) in [4.78, 5) is 10.7. The van der Waals surface area contributed by atoms with Crippen molar-refractivity contribution in [3.8, 4) is 0 Å². The number of nitrogens with zero attached hydrogens (tertiary/aromatic N) is 1. The fourth-order valence-corrected chi connectivity index (χ4v) is 3.85. The smallest absolute Gasteiger partial charge is 0.416 e. The molecule has 0 saturated carbocycles. The van der Waals surface area contributed by atoms with Gasteiger partial charge in [-0.1, -0.05) is 0 Å². The average molecular weight is 337 g/mol. The third kappa shape index (κ3) is 3.41. The van der Waals surface area contributed by atoms with E-state index in [1.165, 1.54) is 0 Å². The van der Waals surface area contributed by atoms with Crippen LogP contribution in [-0.4, -0.2) is 36.9 Å². The SMILES string of the molecule is O=C(O)[C@H]1CCCN(S(=O)(=O)c2ccc(C(F)(F)F)cc2)C1. The fraction of sp³-hybridized carbons (Fsp3) is 0.462. The number of alkyl halides is 3. The molecule has 5 nitrogen and oxygen atoms in total. The van der Waals surface area contributed by atoms with Crippen molar-refractivity contribution >= 4 is 16.0 Å². The zero-order valence-corrected chi connectivity index (χ0v) is 12.2. The maximum Gasteiger partial charge on any atom is 0.416 e. The van der Waals surface area contributed by atoms with Crippen LogP contribution in [0, 0.1) is 5.92 Å². The van der Waals surface area contributed by atoms with E-state index >= 15 is 0 Å². The van der Waals surface area contributed by atoms with Gasteiger partial charge in [-0.25, -0.2) is 8.42 Å². The molecule has 1 heterocycles. The van der Waals surface area contributed by atoms with E-state index in [0.717, 1.165) is 16.4 Å². The molecule has 0 bridgehead atoms. The molecule has 122 valence electrons. The third-order valence-corrected chi connectivity index (χ3v) is 5.43. The summed E-state index contributed by atoms with van der Waals surface area (Å²) in [5.74, 6) is -1.87. The fourth-order valence-electron chi connectivity index (χ4n) is 2.33. The van der Waals surface area contributed by atoms with Crippen LogP contribution in [0.25, 0.3) is 0 Å². The van der Waals surface area contributed by atoms with E-state index in [4.69, 9.17) is 5.11 Å². The summed E-state index contributed by atoms with van der Waals surface area (Å²) in [7, 11) is -3.99. The molecule has 9 heteroatoms. The van der Waals surface area contributed by atoms with Gasteiger partial charge in [-0.05, 0) is 37.1 Å². The van der Waals surface area contributed by atoms with Crippen LogP contribution in [0.4, 0.5) is 13.2 Å². The van der Waals surface area contributed by atoms with E-state index in [1.807, 2.05) is 0 Å². The Balaban J connectivity index is 2.25. The molecular formula is C13H14F3NO4S. The molecule has 1 saturated heterocycles. The van der Waals surface area contributed by atoms with Crippen molar-refractivity contribution in [2.24, 2.45) is 5.92 Å². The maximum atomic E-state index is 12.5. The van der Waals surface area contributed by atoms with Gasteiger partial charge < -0.3 is 5.11 Å². The summed E-state index contributed by atoms with van der Waals surface area (Å²) in [6, 6.07) is 3.18. The monoisotopic (exact) mass is 337 g/mol. The standard InChI is InChI=1S/C13H14F3NO4S/c14-13(15,16)10-3-5-11(6-4-10)22(20,21)17-7-1-2-9(8-17)12(18)19/h3-6,9H,1-2,7-8H2,(H,18,19)/t9-/m0/s1. The van der Waals surface area contributed by atoms with Crippen LogP contribution in [0.1, 0.15) is 18.4 Å². The van der Waals surface area contributed by atoms with Gasteiger partial charge in [0.15, 0.2) is 0 Å². The minimum atomic E-state index is -4.54. The average Bonchev–Trinajstić information content (AvgIpc) is 2.46. The molecule has 0 unspecified atom stereocenters. The number of hydrogen-bond donors (Lipinski definition) is 1. The third-order valence-electron chi connectivity index (χ3n) is 3.55. The maximum absolute atomic E-state index is 12.5. The first kappa shape index (κ1) is 16.8. The van der Waals surface area contributed by atoms with Gasteiger partial charge in [-0.15, -0.1) is 0 Å². The molecule has 1 aliphatic heterocycles. The molecule has 1 aliphatic rings. The van der Waals surface area contributed by atoms with Gasteiger partial charge in [-0.2, -0.15) is 17.5 Å². The number of aliphatic carboxylic acids is 1. The Morgan fingerprint density at radius 1 is 1.23 bits per heavy atom. The molecular weight excluding hydrogens is 323 g/mol. The van der Waals surface area contributed by atoms with Crippen molar-refractivity contribution in [3.63, 3.8) is 0 Å². The number of hydrogen-bond acceptors (Lipinski definition) is 3. The van der Waals surface area contributed by atoms with Crippen molar-refractivity contribution in [1.29, 1.82) is 0 Å². The number of halogens is 3. The Morgan fingerprint density at radius 2 is 1.82 bits per heavy atom. The second-order valence-electron chi connectivity index (χ2n) is 5.06. The molecule has 1 aromatic carbocycles. The predicted molar refractivity (Wildman–Crippen MR) is 70.6 cm³/mol. The summed E-state index contributed by atoms with van der Waals surface area (Å²) >= 11 is 0. The molecule has 1 N–H and O–H groups in total. The molecule has 0 amide bonds. The molecule has 0 aliphatic carbocycles. The molecule has 0 aromatic heterocycles. The Hall–Kier alpha value is -1.61. The van der Waals surface area contributed by atoms with Crippen LogP contribution in [0.2, 0.25) is 0 Å². The zero-order valence-electron chi connectivity index (χ0n) is 11.4. The lowest BCUT2D eigenvalue weighted by Gasteiger charge is -2.29. The first-order valence-corrected chi connectivity index (χ1v) is 7.96. The molecule has 2 rings (SSSR count). The van der Waals surface area contributed by atoms with Crippen molar-refractivity contribution in [1.82, 2.24) is 4.31 Å². The highest BCUT2D eigenvalue weighted by Gasteiger charge is 2.34. The second kappa shape index (κ2) is 5.88. The highest BCUT2D eigenvalue weighted by Crippen LogP contribution is 2.31. The van der Waals surface area contributed by atoms with Gasteiger partial charge in [0.1, 0.15) is 0 Å². The molecule has 1 aromatic rings. The summed E-state index contributed by atoms with van der Waals surface area (Å²) in [6.45, 7) is -0.00811. The van der Waals surface area contributed by atoms with Crippen molar-refractivity contribution in [2.45, 2.75) is 23.9 Å². The topological polar surface area (TPSA) is 74.7 Å². The normalized spacial score (nSPS) is 20.8. The number of benzene rings is 1. The quantitative estimate of drug-likeness (QED) is 0.917. The van der Waals surface area contributed by atoms with E-state index in [0.29, 0.717) is 25.0 Å². The van der Waals surface area contributed by atoms with Crippen LogP contribution in [0.3, 0.4) is 0 Å². The lowest BCUT2D eigenvalue weighted by Crippen LogP contribution is -2.42. The number of carboxylic acid groups (broad SMARTS) is 1. The van der Waals surface area contributed by atoms with Crippen molar-refractivity contribution < 1.29 is 31.5 Å². The van der Waals surface area contributed by atoms with Crippen LogP contribution < -0.4 is 0 Å². The van der Waals surface area contributed by atoms with Crippen LogP contribution in [-0.2, 0) is 21.0 Å². The summed E-state index contributed by atoms with van der Waals surface area (Å²) in [5.41, 5.74) is -0.937. The first-order valence-electron chi connectivity index (χ1n) is 6.52. The Kier molecular flexibility index (Phi) is 4.48. The van der Waals surface area contributed by atoms with Crippen LogP contribution in [0.5, 0.6) is 0 Å². The van der Waals surface area contributed by atoms with E-state index in [-0.39, 0.29) is 18.0 Å². The Labute approximate surface area is 125 Å². The molecule has 1 fully saturated rings. The van der Waals surface area contributed by atoms with Crippen LogP contribution in [0.15, 0.2) is 29.2 Å². The van der Waals surface area contributed by atoms with Gasteiger partial charge in [0.2, 0.25) is 10.0 Å². The number of sulfonamides is 1. The molecule has 0 spiro atoms. The number of carboxylic acids is 1. The molecule has 0 radical (unpaired) electrons. The van der Waals surface area contributed by atoms with E-state index < -0.39 is 33.7 Å². The molecule has 22 heavy (non-hydrogen) atoms. The Morgan fingerprint density at radius 3 is 2.32 bits per heavy atom. The lowest BCUT2D eigenvalue weighted by molar-refractivity contribution is -0.143. The first-order chi connectivity index (χ1) is 10.1. The van der Waals surface area contributed by atoms with Gasteiger partial charge in [0, 0.05) is 13.1 Å². The van der Waals surface area contributed by atoms with Gasteiger partial charge >= 0.3 is 12.1 Å². The summed E-state index contributed by atoms with van der Waals surface area (Å²) in [5, 5.41) is 8.97. The highest BCUT2D eigenvalue weighted by atomic mass is 32.2. The van der Waals surface area contributed by atoms with E-state index in [1.54, 1.807) is 0 Å². The predicted octanol–water partition coefficient (Wildman–Crippen LogP) is 2.19. The van der Waals surface area contributed by atoms with E-state index in [2.05, 4.69) is 0 Å². The number of piperidine rings is 1. The van der Waals surface area contributed by atoms with Crippen LogP contribution >= 0.6 is 0 Å². The Bertz CT molecular complexity index is 655. The lowest BCUT2D eigenvalue weighted by atomic mass is 10.0. The minimum absolute atomic E-state index is 0.160. The van der Waals surface area contributed by atoms with Gasteiger partial charge in [-0.3, -0.25) is 4.79 Å². The molecule has 1 atom stereocenters. The van der Waals surface area contributed by atoms with Gasteiger partial charge in [0.25, 0.3) is 0 Å². The largest absolute Gasteiger partial charge is 0.481 e. The second-order valence-corrected chi connectivity index (χ2v) is 7.00.